The Labute approximate surface area is 85.7 Å². The van der Waals surface area contributed by atoms with Gasteiger partial charge in [-0.2, -0.15) is 0 Å². The third kappa shape index (κ3) is 1.58. The van der Waals surface area contributed by atoms with Gasteiger partial charge in [0.15, 0.2) is 17.5 Å². The van der Waals surface area contributed by atoms with Gasteiger partial charge in [-0.1, -0.05) is 12.2 Å². The van der Waals surface area contributed by atoms with Gasteiger partial charge in [0.1, 0.15) is 0 Å². The Morgan fingerprint density at radius 1 is 1.00 bits per heavy atom. The summed E-state index contributed by atoms with van der Waals surface area (Å²) in [6.45, 7) is 1.82. The van der Waals surface area contributed by atoms with E-state index in [-0.39, 0.29) is 5.56 Å². The standard InChI is InChI=1S/C12H9F3/c1-7-3-2-4-8(7)9-5-6-10(13)12(15)11(9)14/h3-6H,2H2,1H3. The zero-order valence-electron chi connectivity index (χ0n) is 8.15. The minimum absolute atomic E-state index is 0.125. The summed E-state index contributed by atoms with van der Waals surface area (Å²) >= 11 is 0. The first-order valence-corrected chi connectivity index (χ1v) is 4.62. The summed E-state index contributed by atoms with van der Waals surface area (Å²) in [5, 5.41) is 0. The first kappa shape index (κ1) is 10.0. The van der Waals surface area contributed by atoms with Crippen LogP contribution in [0.1, 0.15) is 18.9 Å². The van der Waals surface area contributed by atoms with E-state index in [2.05, 4.69) is 0 Å². The summed E-state index contributed by atoms with van der Waals surface area (Å²) < 4.78 is 39.1. The largest absolute Gasteiger partial charge is 0.204 e. The van der Waals surface area contributed by atoms with Gasteiger partial charge < -0.3 is 0 Å². The SMILES string of the molecule is CC1=CCC=C1c1ccc(F)c(F)c1F. The third-order valence-electron chi connectivity index (χ3n) is 2.50. The van der Waals surface area contributed by atoms with Crippen LogP contribution in [0, 0.1) is 17.5 Å². The number of halogens is 3. The number of benzene rings is 1. The second kappa shape index (κ2) is 3.57. The molecule has 2 rings (SSSR count). The number of hydrogen-bond acceptors (Lipinski definition) is 0. The molecule has 78 valence electrons. The molecule has 0 bridgehead atoms. The van der Waals surface area contributed by atoms with Crippen molar-refractivity contribution in [2.45, 2.75) is 13.3 Å². The fourth-order valence-corrected chi connectivity index (χ4v) is 1.68. The average Bonchev–Trinajstić information content (AvgIpc) is 2.62. The molecule has 0 unspecified atom stereocenters. The highest BCUT2D eigenvalue weighted by Crippen LogP contribution is 2.31. The van der Waals surface area contributed by atoms with Crippen LogP contribution in [-0.2, 0) is 0 Å². The predicted octanol–water partition coefficient (Wildman–Crippen LogP) is 3.84. The van der Waals surface area contributed by atoms with Crippen LogP contribution in [0.3, 0.4) is 0 Å². The van der Waals surface area contributed by atoms with Crippen molar-refractivity contribution >= 4 is 5.57 Å². The van der Waals surface area contributed by atoms with Crippen molar-refractivity contribution in [2.75, 3.05) is 0 Å². The summed E-state index contributed by atoms with van der Waals surface area (Å²) in [6.07, 6.45) is 4.42. The second-order valence-electron chi connectivity index (χ2n) is 3.46. The van der Waals surface area contributed by atoms with Gasteiger partial charge in [-0.05, 0) is 36.6 Å². The lowest BCUT2D eigenvalue weighted by atomic mass is 10.0. The molecule has 0 fully saturated rings. The topological polar surface area (TPSA) is 0 Å². The maximum atomic E-state index is 13.4. The van der Waals surface area contributed by atoms with E-state index in [9.17, 15) is 13.2 Å². The van der Waals surface area contributed by atoms with Crippen LogP contribution in [0.5, 0.6) is 0 Å². The van der Waals surface area contributed by atoms with Gasteiger partial charge in [-0.3, -0.25) is 0 Å². The van der Waals surface area contributed by atoms with E-state index in [1.807, 2.05) is 13.0 Å². The Hall–Kier alpha value is -1.51. The average molecular weight is 210 g/mol. The molecule has 1 aromatic carbocycles. The van der Waals surface area contributed by atoms with E-state index in [1.165, 1.54) is 6.07 Å². The maximum Gasteiger partial charge on any atom is 0.195 e. The molecule has 0 radical (unpaired) electrons. The summed E-state index contributed by atoms with van der Waals surface area (Å²) in [5.41, 5.74) is 1.66. The molecular formula is C12H9F3. The minimum atomic E-state index is -1.41. The van der Waals surface area contributed by atoms with Crippen LogP contribution in [0.4, 0.5) is 13.2 Å². The molecule has 15 heavy (non-hydrogen) atoms. The molecule has 0 saturated heterocycles. The van der Waals surface area contributed by atoms with E-state index in [1.54, 1.807) is 6.08 Å². The highest BCUT2D eigenvalue weighted by atomic mass is 19.2. The van der Waals surface area contributed by atoms with Crippen LogP contribution in [-0.4, -0.2) is 0 Å². The lowest BCUT2D eigenvalue weighted by Gasteiger charge is -2.07. The Bertz CT molecular complexity index is 470. The molecule has 0 spiro atoms. The Balaban J connectivity index is 2.56. The molecule has 0 atom stereocenters. The van der Waals surface area contributed by atoms with E-state index in [0.717, 1.165) is 11.6 Å². The molecule has 0 aromatic heterocycles. The van der Waals surface area contributed by atoms with Crippen LogP contribution >= 0.6 is 0 Å². The Morgan fingerprint density at radius 3 is 2.33 bits per heavy atom. The number of rotatable bonds is 1. The van der Waals surface area contributed by atoms with Gasteiger partial charge in [0.25, 0.3) is 0 Å². The van der Waals surface area contributed by atoms with Gasteiger partial charge >= 0.3 is 0 Å². The Kier molecular flexibility index (Phi) is 2.39. The molecule has 0 amide bonds. The van der Waals surface area contributed by atoms with Gasteiger partial charge in [-0.25, -0.2) is 13.2 Å². The first-order chi connectivity index (χ1) is 7.11. The van der Waals surface area contributed by atoms with Crippen LogP contribution in [0.15, 0.2) is 29.9 Å². The van der Waals surface area contributed by atoms with Crippen molar-refractivity contribution in [1.29, 1.82) is 0 Å². The van der Waals surface area contributed by atoms with Crippen LogP contribution in [0.25, 0.3) is 5.57 Å². The molecule has 0 nitrogen and oxygen atoms in total. The summed E-state index contributed by atoms with van der Waals surface area (Å²) in [7, 11) is 0. The quantitative estimate of drug-likeness (QED) is 0.618. The number of allylic oxidation sites excluding steroid dienone is 4. The second-order valence-corrected chi connectivity index (χ2v) is 3.46. The van der Waals surface area contributed by atoms with Crippen molar-refractivity contribution in [3.63, 3.8) is 0 Å². The molecule has 1 aromatic rings. The summed E-state index contributed by atoms with van der Waals surface area (Å²) in [4.78, 5) is 0. The van der Waals surface area contributed by atoms with Crippen LogP contribution in [0.2, 0.25) is 0 Å². The zero-order chi connectivity index (χ0) is 11.0. The smallest absolute Gasteiger partial charge is 0.195 e. The minimum Gasteiger partial charge on any atom is -0.204 e. The van der Waals surface area contributed by atoms with Gasteiger partial charge in [0, 0.05) is 5.56 Å². The van der Waals surface area contributed by atoms with Crippen molar-refractivity contribution in [2.24, 2.45) is 0 Å². The van der Waals surface area contributed by atoms with E-state index in [0.29, 0.717) is 12.0 Å². The maximum absolute atomic E-state index is 13.4. The molecule has 0 saturated carbocycles. The zero-order valence-corrected chi connectivity index (χ0v) is 8.15. The van der Waals surface area contributed by atoms with Gasteiger partial charge in [-0.15, -0.1) is 0 Å². The summed E-state index contributed by atoms with van der Waals surface area (Å²) in [6, 6.07) is 2.21. The lowest BCUT2D eigenvalue weighted by Crippen LogP contribution is -1.97. The van der Waals surface area contributed by atoms with E-state index < -0.39 is 17.5 Å². The lowest BCUT2D eigenvalue weighted by molar-refractivity contribution is 0.445. The van der Waals surface area contributed by atoms with E-state index >= 15 is 0 Å². The highest BCUT2D eigenvalue weighted by Gasteiger charge is 2.18. The highest BCUT2D eigenvalue weighted by molar-refractivity contribution is 5.81. The van der Waals surface area contributed by atoms with Gasteiger partial charge in [0.05, 0.1) is 0 Å². The molecule has 0 aliphatic heterocycles. The van der Waals surface area contributed by atoms with Crippen molar-refractivity contribution in [1.82, 2.24) is 0 Å². The molecule has 3 heteroatoms. The monoisotopic (exact) mass is 210 g/mol. The molecule has 0 heterocycles. The normalized spacial score (nSPS) is 15.2. The van der Waals surface area contributed by atoms with Gasteiger partial charge in [0.2, 0.25) is 0 Å². The van der Waals surface area contributed by atoms with E-state index in [4.69, 9.17) is 0 Å². The fourth-order valence-electron chi connectivity index (χ4n) is 1.68. The molecule has 0 N–H and O–H groups in total. The number of hydrogen-bond donors (Lipinski definition) is 0. The van der Waals surface area contributed by atoms with Crippen molar-refractivity contribution < 1.29 is 13.2 Å². The fraction of sp³-hybridized carbons (Fsp3) is 0.167. The predicted molar refractivity (Wildman–Crippen MR) is 52.7 cm³/mol. The molecular weight excluding hydrogens is 201 g/mol. The van der Waals surface area contributed by atoms with Crippen molar-refractivity contribution in [3.8, 4) is 0 Å². The Morgan fingerprint density at radius 2 is 1.73 bits per heavy atom. The first-order valence-electron chi connectivity index (χ1n) is 4.62. The summed E-state index contributed by atoms with van der Waals surface area (Å²) in [5.74, 6) is -3.68. The molecule has 1 aliphatic carbocycles. The van der Waals surface area contributed by atoms with Crippen molar-refractivity contribution in [3.05, 3.63) is 52.9 Å². The third-order valence-corrected chi connectivity index (χ3v) is 2.50. The van der Waals surface area contributed by atoms with Crippen LogP contribution < -0.4 is 0 Å². The molecule has 1 aliphatic rings.